The zero-order valence-corrected chi connectivity index (χ0v) is 11.8. The zero-order chi connectivity index (χ0) is 14.5. The summed E-state index contributed by atoms with van der Waals surface area (Å²) < 4.78 is 39.0. The van der Waals surface area contributed by atoms with Gasteiger partial charge in [-0.3, -0.25) is 9.36 Å². The van der Waals surface area contributed by atoms with E-state index in [2.05, 4.69) is 11.9 Å². The molecule has 7 heteroatoms. The molecule has 108 valence electrons. The molecule has 0 N–H and O–H groups in total. The molecule has 1 aromatic heterocycles. The second-order valence-corrected chi connectivity index (χ2v) is 4.95. The summed E-state index contributed by atoms with van der Waals surface area (Å²) in [5.41, 5.74) is -1.75. The maximum atomic E-state index is 12.5. The Morgan fingerprint density at radius 2 is 2.00 bits per heavy atom. The minimum absolute atomic E-state index is 0.122. The Labute approximate surface area is 114 Å². The van der Waals surface area contributed by atoms with Crippen molar-refractivity contribution in [1.29, 1.82) is 0 Å². The van der Waals surface area contributed by atoms with Crippen molar-refractivity contribution in [3.63, 3.8) is 0 Å². The van der Waals surface area contributed by atoms with Crippen LogP contribution in [0.1, 0.15) is 38.3 Å². The van der Waals surface area contributed by atoms with E-state index in [0.29, 0.717) is 12.6 Å². The molecule has 0 amide bonds. The lowest BCUT2D eigenvalue weighted by Gasteiger charge is -2.12. The Morgan fingerprint density at radius 1 is 1.32 bits per heavy atom. The van der Waals surface area contributed by atoms with Crippen molar-refractivity contribution in [3.8, 4) is 0 Å². The fourth-order valence-electron chi connectivity index (χ4n) is 1.69. The molecule has 0 saturated carbocycles. The first-order valence-corrected chi connectivity index (χ1v) is 7.35. The summed E-state index contributed by atoms with van der Waals surface area (Å²) >= 11 is 1.06. The third kappa shape index (κ3) is 4.56. The number of thioether (sulfide) groups is 1. The molecular formula is C12H17F3N2OS. The number of aromatic nitrogens is 2. The molecule has 19 heavy (non-hydrogen) atoms. The Balaban J connectivity index is 2.96. The van der Waals surface area contributed by atoms with Gasteiger partial charge in [-0.2, -0.15) is 13.2 Å². The van der Waals surface area contributed by atoms with E-state index in [1.165, 1.54) is 4.57 Å². The van der Waals surface area contributed by atoms with Gasteiger partial charge in [0.15, 0.2) is 10.9 Å². The molecule has 1 rings (SSSR count). The summed E-state index contributed by atoms with van der Waals surface area (Å²) in [4.78, 5) is 15.3. The minimum atomic E-state index is -4.58. The van der Waals surface area contributed by atoms with Crippen LogP contribution < -0.4 is 5.56 Å². The molecule has 0 aliphatic carbocycles. The fourth-order valence-corrected chi connectivity index (χ4v) is 2.28. The summed E-state index contributed by atoms with van der Waals surface area (Å²) in [6, 6.07) is 0.569. The van der Waals surface area contributed by atoms with Crippen molar-refractivity contribution >= 4 is 11.8 Å². The highest BCUT2D eigenvalue weighted by Crippen LogP contribution is 2.27. The van der Waals surface area contributed by atoms with E-state index < -0.39 is 17.4 Å². The van der Waals surface area contributed by atoms with Crippen LogP contribution in [0.4, 0.5) is 13.2 Å². The summed E-state index contributed by atoms with van der Waals surface area (Å²) in [7, 11) is 0. The van der Waals surface area contributed by atoms with Gasteiger partial charge >= 0.3 is 6.18 Å². The maximum Gasteiger partial charge on any atom is 0.433 e. The molecule has 0 bridgehead atoms. The Kier molecular flexibility index (Phi) is 5.90. The van der Waals surface area contributed by atoms with Crippen LogP contribution in [-0.2, 0) is 12.7 Å². The highest BCUT2D eigenvalue weighted by atomic mass is 32.2. The van der Waals surface area contributed by atoms with Gasteiger partial charge in [-0.05, 0) is 12.7 Å². The summed E-state index contributed by atoms with van der Waals surface area (Å²) in [5.74, 6) is 0. The van der Waals surface area contributed by atoms with Crippen molar-refractivity contribution < 1.29 is 13.2 Å². The van der Waals surface area contributed by atoms with Crippen molar-refractivity contribution in [2.24, 2.45) is 0 Å². The standard InChI is InChI=1S/C12H17F3N2OS/c1-3-4-5-6-7-17-10(18)8-9(12(13,14)15)16-11(17)19-2/h8H,3-7H2,1-2H3. The van der Waals surface area contributed by atoms with Crippen molar-refractivity contribution in [2.75, 3.05) is 6.26 Å². The molecule has 0 atom stereocenters. The van der Waals surface area contributed by atoms with Crippen LogP contribution in [0.3, 0.4) is 0 Å². The molecule has 1 aromatic rings. The normalized spacial score (nSPS) is 11.8. The van der Waals surface area contributed by atoms with Gasteiger partial charge in [0.2, 0.25) is 0 Å². The number of hydrogen-bond acceptors (Lipinski definition) is 3. The largest absolute Gasteiger partial charge is 0.433 e. The minimum Gasteiger partial charge on any atom is -0.288 e. The van der Waals surface area contributed by atoms with E-state index in [9.17, 15) is 18.0 Å². The van der Waals surface area contributed by atoms with E-state index in [1.807, 2.05) is 0 Å². The van der Waals surface area contributed by atoms with Crippen LogP contribution in [0, 0.1) is 0 Å². The predicted octanol–water partition coefficient (Wildman–Crippen LogP) is 3.56. The van der Waals surface area contributed by atoms with Crippen molar-refractivity contribution in [1.82, 2.24) is 9.55 Å². The van der Waals surface area contributed by atoms with Gasteiger partial charge in [-0.15, -0.1) is 0 Å². The van der Waals surface area contributed by atoms with Crippen LogP contribution in [-0.4, -0.2) is 15.8 Å². The van der Waals surface area contributed by atoms with E-state index in [-0.39, 0.29) is 5.16 Å². The van der Waals surface area contributed by atoms with Crippen LogP contribution in [0.5, 0.6) is 0 Å². The molecule has 1 heterocycles. The first-order valence-electron chi connectivity index (χ1n) is 6.13. The highest BCUT2D eigenvalue weighted by molar-refractivity contribution is 7.98. The lowest BCUT2D eigenvalue weighted by molar-refractivity contribution is -0.141. The highest BCUT2D eigenvalue weighted by Gasteiger charge is 2.34. The SMILES string of the molecule is CCCCCCn1c(SC)nc(C(F)(F)F)cc1=O. The monoisotopic (exact) mass is 294 g/mol. The summed E-state index contributed by atoms with van der Waals surface area (Å²) in [5, 5.41) is 0.122. The molecule has 0 aliphatic rings. The third-order valence-electron chi connectivity index (χ3n) is 2.68. The van der Waals surface area contributed by atoms with Gasteiger partial charge in [0.05, 0.1) is 0 Å². The molecular weight excluding hydrogens is 277 g/mol. The number of hydrogen-bond donors (Lipinski definition) is 0. The fraction of sp³-hybridized carbons (Fsp3) is 0.667. The van der Waals surface area contributed by atoms with Gasteiger partial charge in [0.25, 0.3) is 5.56 Å². The smallest absolute Gasteiger partial charge is 0.288 e. The molecule has 0 saturated heterocycles. The van der Waals surface area contributed by atoms with Crippen LogP contribution in [0.2, 0.25) is 0 Å². The molecule has 0 fully saturated rings. The lowest BCUT2D eigenvalue weighted by Crippen LogP contribution is -2.26. The maximum absolute atomic E-state index is 12.5. The van der Waals surface area contributed by atoms with Crippen LogP contribution in [0.25, 0.3) is 0 Å². The zero-order valence-electron chi connectivity index (χ0n) is 11.0. The van der Waals surface area contributed by atoms with Gasteiger partial charge < -0.3 is 0 Å². The Bertz CT molecular complexity index is 471. The number of halogens is 3. The second kappa shape index (κ2) is 6.98. The Morgan fingerprint density at radius 3 is 2.53 bits per heavy atom. The van der Waals surface area contributed by atoms with E-state index in [4.69, 9.17) is 0 Å². The topological polar surface area (TPSA) is 34.9 Å². The first-order chi connectivity index (χ1) is 8.90. The van der Waals surface area contributed by atoms with Crippen molar-refractivity contribution in [3.05, 3.63) is 22.1 Å². The molecule has 0 radical (unpaired) electrons. The molecule has 0 unspecified atom stereocenters. The quantitative estimate of drug-likeness (QED) is 0.457. The Hall–Kier alpha value is -0.980. The summed E-state index contributed by atoms with van der Waals surface area (Å²) in [6.45, 7) is 2.49. The third-order valence-corrected chi connectivity index (χ3v) is 3.36. The van der Waals surface area contributed by atoms with Crippen LogP contribution in [0.15, 0.2) is 16.0 Å². The number of nitrogens with zero attached hydrogens (tertiary/aromatic N) is 2. The number of alkyl halides is 3. The van der Waals surface area contributed by atoms with Gasteiger partial charge in [0.1, 0.15) is 0 Å². The first kappa shape index (κ1) is 16.1. The molecule has 0 spiro atoms. The average molecular weight is 294 g/mol. The van der Waals surface area contributed by atoms with E-state index in [0.717, 1.165) is 37.4 Å². The van der Waals surface area contributed by atoms with E-state index >= 15 is 0 Å². The van der Waals surface area contributed by atoms with Crippen molar-refractivity contribution in [2.45, 2.75) is 50.5 Å². The summed E-state index contributed by atoms with van der Waals surface area (Å²) in [6.07, 6.45) is 0.883. The van der Waals surface area contributed by atoms with Crippen LogP contribution >= 0.6 is 11.8 Å². The van der Waals surface area contributed by atoms with Gasteiger partial charge in [0, 0.05) is 12.6 Å². The molecule has 3 nitrogen and oxygen atoms in total. The van der Waals surface area contributed by atoms with E-state index in [1.54, 1.807) is 6.26 Å². The van der Waals surface area contributed by atoms with Gasteiger partial charge in [-0.25, -0.2) is 4.98 Å². The van der Waals surface area contributed by atoms with Gasteiger partial charge in [-0.1, -0.05) is 37.9 Å². The lowest BCUT2D eigenvalue weighted by atomic mass is 10.2. The predicted molar refractivity (Wildman–Crippen MR) is 69.4 cm³/mol. The average Bonchev–Trinajstić information content (AvgIpc) is 2.34. The molecule has 0 aliphatic heterocycles. The number of unbranched alkanes of at least 4 members (excludes halogenated alkanes) is 3. The second-order valence-electron chi connectivity index (χ2n) is 4.18. The number of rotatable bonds is 6. The molecule has 0 aromatic carbocycles.